The Bertz CT molecular complexity index is 357. The van der Waals surface area contributed by atoms with Crippen molar-refractivity contribution in [2.45, 2.75) is 25.9 Å². The molecule has 0 fully saturated rings. The van der Waals surface area contributed by atoms with E-state index in [2.05, 4.69) is 6.92 Å². The average molecular weight is 243 g/mol. The van der Waals surface area contributed by atoms with Gasteiger partial charge in [-0.2, -0.15) is 0 Å². The van der Waals surface area contributed by atoms with Crippen LogP contribution in [0.25, 0.3) is 0 Å². The van der Waals surface area contributed by atoms with Gasteiger partial charge in [-0.05, 0) is 26.1 Å². The van der Waals surface area contributed by atoms with E-state index in [0.717, 1.165) is 31.5 Å². The number of aliphatic hydroxyl groups excluding tert-OH is 1. The Balaban J connectivity index is 2.60. The number of hydrogen-bond acceptors (Lipinski definition) is 2. The molecule has 0 aliphatic heterocycles. The Labute approximate surface area is 101 Å². The SMILES string of the molecule is CCCCN(C)CC(O)c1ccc(F)cc1F. The zero-order valence-corrected chi connectivity index (χ0v) is 10.3. The Kier molecular flexibility index (Phi) is 5.51. The molecule has 1 aromatic carbocycles. The molecule has 0 aliphatic carbocycles. The summed E-state index contributed by atoms with van der Waals surface area (Å²) in [6, 6.07) is 3.25. The van der Waals surface area contributed by atoms with Gasteiger partial charge in [0.2, 0.25) is 0 Å². The second kappa shape index (κ2) is 6.67. The monoisotopic (exact) mass is 243 g/mol. The lowest BCUT2D eigenvalue weighted by molar-refractivity contribution is 0.122. The summed E-state index contributed by atoms with van der Waals surface area (Å²) in [5.74, 6) is -1.32. The largest absolute Gasteiger partial charge is 0.387 e. The molecule has 0 saturated carbocycles. The van der Waals surface area contributed by atoms with Crippen molar-refractivity contribution in [2.75, 3.05) is 20.1 Å². The smallest absolute Gasteiger partial charge is 0.131 e. The number of aliphatic hydroxyl groups is 1. The van der Waals surface area contributed by atoms with Gasteiger partial charge in [-0.1, -0.05) is 19.4 Å². The van der Waals surface area contributed by atoms with Gasteiger partial charge in [0.15, 0.2) is 0 Å². The van der Waals surface area contributed by atoms with Gasteiger partial charge in [-0.25, -0.2) is 8.78 Å². The number of benzene rings is 1. The minimum absolute atomic E-state index is 0.148. The molecule has 1 atom stereocenters. The van der Waals surface area contributed by atoms with E-state index in [4.69, 9.17) is 0 Å². The van der Waals surface area contributed by atoms with Crippen LogP contribution in [0, 0.1) is 11.6 Å². The molecule has 1 aromatic rings. The molecular weight excluding hydrogens is 224 g/mol. The predicted molar refractivity (Wildman–Crippen MR) is 63.7 cm³/mol. The number of halogens is 2. The van der Waals surface area contributed by atoms with Crippen molar-refractivity contribution in [1.29, 1.82) is 0 Å². The molecule has 0 aliphatic rings. The van der Waals surface area contributed by atoms with Crippen molar-refractivity contribution in [3.05, 3.63) is 35.4 Å². The number of likely N-dealkylation sites (N-methyl/N-ethyl adjacent to an activating group) is 1. The molecule has 0 amide bonds. The van der Waals surface area contributed by atoms with E-state index < -0.39 is 17.7 Å². The third-order valence-corrected chi connectivity index (χ3v) is 2.70. The molecule has 1 N–H and O–H groups in total. The fourth-order valence-corrected chi connectivity index (χ4v) is 1.68. The zero-order valence-electron chi connectivity index (χ0n) is 10.3. The van der Waals surface area contributed by atoms with E-state index in [1.165, 1.54) is 6.07 Å². The highest BCUT2D eigenvalue weighted by Crippen LogP contribution is 2.18. The van der Waals surface area contributed by atoms with Crippen molar-refractivity contribution < 1.29 is 13.9 Å². The Morgan fingerprint density at radius 2 is 2.06 bits per heavy atom. The molecule has 4 heteroatoms. The van der Waals surface area contributed by atoms with Crippen LogP contribution in [0.15, 0.2) is 18.2 Å². The number of nitrogens with zero attached hydrogens (tertiary/aromatic N) is 1. The molecule has 17 heavy (non-hydrogen) atoms. The number of hydrogen-bond donors (Lipinski definition) is 1. The minimum atomic E-state index is -0.919. The third kappa shape index (κ3) is 4.40. The Morgan fingerprint density at radius 1 is 1.35 bits per heavy atom. The van der Waals surface area contributed by atoms with Gasteiger partial charge >= 0.3 is 0 Å². The fraction of sp³-hybridized carbons (Fsp3) is 0.538. The van der Waals surface area contributed by atoms with Crippen LogP contribution in [0.1, 0.15) is 31.4 Å². The van der Waals surface area contributed by atoms with Gasteiger partial charge in [0.1, 0.15) is 11.6 Å². The quantitative estimate of drug-likeness (QED) is 0.830. The summed E-state index contributed by atoms with van der Waals surface area (Å²) >= 11 is 0. The summed E-state index contributed by atoms with van der Waals surface area (Å²) in [6.45, 7) is 3.29. The Hall–Kier alpha value is -1.00. The lowest BCUT2D eigenvalue weighted by Gasteiger charge is -2.20. The zero-order chi connectivity index (χ0) is 12.8. The summed E-state index contributed by atoms with van der Waals surface area (Å²) in [4.78, 5) is 1.94. The normalized spacial score (nSPS) is 13.1. The first-order valence-corrected chi connectivity index (χ1v) is 5.86. The first-order chi connectivity index (χ1) is 8.04. The van der Waals surface area contributed by atoms with Gasteiger partial charge in [-0.15, -0.1) is 0 Å². The van der Waals surface area contributed by atoms with Crippen LogP contribution < -0.4 is 0 Å². The van der Waals surface area contributed by atoms with E-state index >= 15 is 0 Å². The molecule has 0 spiro atoms. The lowest BCUT2D eigenvalue weighted by Crippen LogP contribution is -2.26. The third-order valence-electron chi connectivity index (χ3n) is 2.70. The maximum atomic E-state index is 13.4. The molecule has 1 rings (SSSR count). The van der Waals surface area contributed by atoms with Gasteiger partial charge < -0.3 is 10.0 Å². The summed E-state index contributed by atoms with van der Waals surface area (Å²) in [7, 11) is 1.88. The fourth-order valence-electron chi connectivity index (χ4n) is 1.68. The highest BCUT2D eigenvalue weighted by atomic mass is 19.1. The van der Waals surface area contributed by atoms with Gasteiger partial charge in [-0.3, -0.25) is 0 Å². The van der Waals surface area contributed by atoms with E-state index in [1.54, 1.807) is 0 Å². The van der Waals surface area contributed by atoms with Gasteiger partial charge in [0.25, 0.3) is 0 Å². The van der Waals surface area contributed by atoms with Crippen LogP contribution in [0.2, 0.25) is 0 Å². The molecular formula is C13H19F2NO. The maximum Gasteiger partial charge on any atom is 0.131 e. The molecule has 0 aromatic heterocycles. The van der Waals surface area contributed by atoms with Crippen LogP contribution in [0.5, 0.6) is 0 Å². The predicted octanol–water partition coefficient (Wildman–Crippen LogP) is 2.73. The Morgan fingerprint density at radius 3 is 2.65 bits per heavy atom. The second-order valence-electron chi connectivity index (χ2n) is 4.30. The van der Waals surface area contributed by atoms with E-state index in [1.807, 2.05) is 11.9 Å². The topological polar surface area (TPSA) is 23.5 Å². The van der Waals surface area contributed by atoms with E-state index in [9.17, 15) is 13.9 Å². The molecule has 0 bridgehead atoms. The maximum absolute atomic E-state index is 13.4. The highest BCUT2D eigenvalue weighted by Gasteiger charge is 2.15. The van der Waals surface area contributed by atoms with Crippen molar-refractivity contribution >= 4 is 0 Å². The van der Waals surface area contributed by atoms with Crippen LogP contribution in [-0.4, -0.2) is 30.1 Å². The molecule has 0 heterocycles. The summed E-state index contributed by atoms with van der Waals surface area (Å²) in [5.41, 5.74) is 0.148. The second-order valence-corrected chi connectivity index (χ2v) is 4.30. The van der Waals surface area contributed by atoms with Crippen molar-refractivity contribution in [1.82, 2.24) is 4.90 Å². The van der Waals surface area contributed by atoms with Crippen molar-refractivity contribution in [3.8, 4) is 0 Å². The molecule has 2 nitrogen and oxygen atoms in total. The first-order valence-electron chi connectivity index (χ1n) is 5.86. The molecule has 96 valence electrons. The molecule has 0 radical (unpaired) electrons. The van der Waals surface area contributed by atoms with Crippen LogP contribution >= 0.6 is 0 Å². The van der Waals surface area contributed by atoms with Crippen molar-refractivity contribution in [2.24, 2.45) is 0 Å². The molecule has 0 saturated heterocycles. The van der Waals surface area contributed by atoms with Crippen LogP contribution in [-0.2, 0) is 0 Å². The lowest BCUT2D eigenvalue weighted by atomic mass is 10.1. The molecule has 1 unspecified atom stereocenters. The number of rotatable bonds is 6. The van der Waals surface area contributed by atoms with Gasteiger partial charge in [0.05, 0.1) is 6.10 Å². The standard InChI is InChI=1S/C13H19F2NO/c1-3-4-7-16(2)9-13(17)11-6-5-10(14)8-12(11)15/h5-6,8,13,17H,3-4,7,9H2,1-2H3. The van der Waals surface area contributed by atoms with Crippen molar-refractivity contribution in [3.63, 3.8) is 0 Å². The van der Waals surface area contributed by atoms with E-state index in [-0.39, 0.29) is 5.56 Å². The van der Waals surface area contributed by atoms with Crippen LogP contribution in [0.3, 0.4) is 0 Å². The first kappa shape index (κ1) is 14.1. The minimum Gasteiger partial charge on any atom is -0.387 e. The number of unbranched alkanes of at least 4 members (excludes halogenated alkanes) is 1. The summed E-state index contributed by atoms with van der Waals surface area (Å²) in [5, 5.41) is 9.86. The van der Waals surface area contributed by atoms with Crippen LogP contribution in [0.4, 0.5) is 8.78 Å². The van der Waals surface area contributed by atoms with E-state index in [0.29, 0.717) is 6.54 Å². The highest BCUT2D eigenvalue weighted by molar-refractivity contribution is 5.21. The summed E-state index contributed by atoms with van der Waals surface area (Å²) in [6.07, 6.45) is 1.19. The van der Waals surface area contributed by atoms with Gasteiger partial charge in [0, 0.05) is 18.2 Å². The average Bonchev–Trinajstić information content (AvgIpc) is 2.26. The summed E-state index contributed by atoms with van der Waals surface area (Å²) < 4.78 is 26.1.